The Labute approximate surface area is 145 Å². The van der Waals surface area contributed by atoms with E-state index in [2.05, 4.69) is 54.6 Å². The lowest BCUT2D eigenvalue weighted by Gasteiger charge is -2.40. The summed E-state index contributed by atoms with van der Waals surface area (Å²) in [4.78, 5) is 2.51. The fourth-order valence-corrected chi connectivity index (χ4v) is 3.76. The highest BCUT2D eigenvalue weighted by Crippen LogP contribution is 2.35. The fourth-order valence-electron chi connectivity index (χ4n) is 3.76. The second-order valence-electron chi connectivity index (χ2n) is 7.18. The van der Waals surface area contributed by atoms with Crippen molar-refractivity contribution < 1.29 is 5.11 Å². The number of piperidine rings is 1. The Kier molecular flexibility index (Phi) is 5.07. The molecule has 4 heteroatoms. The van der Waals surface area contributed by atoms with Crippen LogP contribution in [0.15, 0.2) is 30.3 Å². The maximum absolute atomic E-state index is 9.70. The van der Waals surface area contributed by atoms with Crippen molar-refractivity contribution in [2.45, 2.75) is 46.6 Å². The van der Waals surface area contributed by atoms with Crippen LogP contribution in [0.2, 0.25) is 0 Å². The minimum Gasteiger partial charge on any atom is -0.396 e. The molecular weight excluding hydrogens is 298 g/mol. The van der Waals surface area contributed by atoms with Crippen LogP contribution in [0, 0.1) is 19.3 Å². The van der Waals surface area contributed by atoms with Crippen LogP contribution in [-0.2, 0) is 6.54 Å². The number of nitrogens with zero attached hydrogens (tertiary/aromatic N) is 3. The molecule has 1 N–H and O–H groups in total. The third-order valence-electron chi connectivity index (χ3n) is 5.83. The largest absolute Gasteiger partial charge is 0.396 e. The van der Waals surface area contributed by atoms with Gasteiger partial charge in [0.05, 0.1) is 11.4 Å². The molecule has 130 valence electrons. The van der Waals surface area contributed by atoms with E-state index in [1.807, 2.05) is 6.07 Å². The van der Waals surface area contributed by atoms with Crippen molar-refractivity contribution in [3.05, 3.63) is 47.3 Å². The summed E-state index contributed by atoms with van der Waals surface area (Å²) in [6.07, 6.45) is 3.25. The number of para-hydroxylation sites is 1. The molecule has 0 saturated carbocycles. The molecule has 1 saturated heterocycles. The molecule has 0 bridgehead atoms. The second-order valence-corrected chi connectivity index (χ2v) is 7.18. The fraction of sp³-hybridized carbons (Fsp3) is 0.550. The second kappa shape index (κ2) is 7.08. The van der Waals surface area contributed by atoms with E-state index in [-0.39, 0.29) is 5.41 Å². The number of likely N-dealkylation sites (tertiary alicyclic amines) is 1. The smallest absolute Gasteiger partial charge is 0.0648 e. The summed E-state index contributed by atoms with van der Waals surface area (Å²) in [6.45, 7) is 9.86. The molecule has 2 heterocycles. The highest BCUT2D eigenvalue weighted by atomic mass is 16.3. The topological polar surface area (TPSA) is 41.3 Å². The summed E-state index contributed by atoms with van der Waals surface area (Å²) in [6, 6.07) is 10.3. The summed E-state index contributed by atoms with van der Waals surface area (Å²) in [7, 11) is 0. The summed E-state index contributed by atoms with van der Waals surface area (Å²) in [5, 5.41) is 14.5. The van der Waals surface area contributed by atoms with Gasteiger partial charge in [0, 0.05) is 24.4 Å². The van der Waals surface area contributed by atoms with Crippen LogP contribution in [0.4, 0.5) is 0 Å². The van der Waals surface area contributed by atoms with E-state index in [1.165, 1.54) is 11.3 Å². The molecule has 1 aliphatic heterocycles. The van der Waals surface area contributed by atoms with Crippen LogP contribution in [0.3, 0.4) is 0 Å². The molecule has 1 fully saturated rings. The number of rotatable bonds is 5. The van der Waals surface area contributed by atoms with Crippen LogP contribution in [0.25, 0.3) is 5.69 Å². The summed E-state index contributed by atoms with van der Waals surface area (Å²) in [5.41, 5.74) is 4.95. The van der Waals surface area contributed by atoms with Crippen LogP contribution >= 0.6 is 0 Å². The molecule has 0 aliphatic carbocycles. The number of aliphatic hydroxyl groups excluding tert-OH is 1. The van der Waals surface area contributed by atoms with E-state index in [1.54, 1.807) is 0 Å². The minimum absolute atomic E-state index is 0.148. The van der Waals surface area contributed by atoms with Gasteiger partial charge >= 0.3 is 0 Å². The lowest BCUT2D eigenvalue weighted by molar-refractivity contribution is 0.0381. The van der Waals surface area contributed by atoms with Crippen molar-refractivity contribution >= 4 is 0 Å². The molecular formula is C20H29N3O. The van der Waals surface area contributed by atoms with Gasteiger partial charge in [-0.05, 0) is 63.7 Å². The van der Waals surface area contributed by atoms with Gasteiger partial charge in [0.25, 0.3) is 0 Å². The van der Waals surface area contributed by atoms with Gasteiger partial charge in [-0.1, -0.05) is 25.1 Å². The number of hydrogen-bond acceptors (Lipinski definition) is 3. The monoisotopic (exact) mass is 327 g/mol. The first-order valence-corrected chi connectivity index (χ1v) is 9.02. The first-order valence-electron chi connectivity index (χ1n) is 9.02. The molecule has 2 aromatic rings. The first-order chi connectivity index (χ1) is 11.6. The van der Waals surface area contributed by atoms with Gasteiger partial charge in [0.15, 0.2) is 0 Å². The number of aliphatic hydroxyl groups is 1. The van der Waals surface area contributed by atoms with E-state index in [4.69, 9.17) is 5.10 Å². The van der Waals surface area contributed by atoms with Crippen LogP contribution in [-0.4, -0.2) is 39.5 Å². The Morgan fingerprint density at radius 2 is 1.79 bits per heavy atom. The van der Waals surface area contributed by atoms with Gasteiger partial charge in [-0.25, -0.2) is 4.68 Å². The van der Waals surface area contributed by atoms with Crippen molar-refractivity contribution in [1.29, 1.82) is 0 Å². The van der Waals surface area contributed by atoms with Crippen LogP contribution in [0.1, 0.15) is 43.1 Å². The number of hydrogen-bond donors (Lipinski definition) is 1. The van der Waals surface area contributed by atoms with Crippen molar-refractivity contribution in [1.82, 2.24) is 14.7 Å². The van der Waals surface area contributed by atoms with Gasteiger partial charge in [0.2, 0.25) is 0 Å². The SMILES string of the molecule is CCC1(CO)CCN(Cc2c(C)nn(-c3ccccc3)c2C)CC1. The number of benzene rings is 1. The lowest BCUT2D eigenvalue weighted by atomic mass is 9.77. The average Bonchev–Trinajstić information content (AvgIpc) is 2.91. The third kappa shape index (κ3) is 3.26. The Morgan fingerprint density at radius 1 is 1.12 bits per heavy atom. The summed E-state index contributed by atoms with van der Waals surface area (Å²) >= 11 is 0. The van der Waals surface area contributed by atoms with Crippen molar-refractivity contribution in [2.24, 2.45) is 5.41 Å². The van der Waals surface area contributed by atoms with Crippen molar-refractivity contribution in [3.8, 4) is 5.69 Å². The molecule has 0 amide bonds. The van der Waals surface area contributed by atoms with Gasteiger partial charge in [-0.2, -0.15) is 5.10 Å². The minimum atomic E-state index is 0.148. The van der Waals surface area contributed by atoms with E-state index >= 15 is 0 Å². The Hall–Kier alpha value is -1.65. The van der Waals surface area contributed by atoms with Crippen molar-refractivity contribution in [3.63, 3.8) is 0 Å². The van der Waals surface area contributed by atoms with Crippen LogP contribution in [0.5, 0.6) is 0 Å². The predicted molar refractivity (Wildman–Crippen MR) is 97.4 cm³/mol. The quantitative estimate of drug-likeness (QED) is 0.914. The highest BCUT2D eigenvalue weighted by molar-refractivity contribution is 5.36. The zero-order valence-electron chi connectivity index (χ0n) is 15.1. The van der Waals surface area contributed by atoms with E-state index in [0.717, 1.165) is 50.3 Å². The molecule has 24 heavy (non-hydrogen) atoms. The third-order valence-corrected chi connectivity index (χ3v) is 5.83. The van der Waals surface area contributed by atoms with Gasteiger partial charge in [-0.15, -0.1) is 0 Å². The maximum atomic E-state index is 9.70. The van der Waals surface area contributed by atoms with Crippen LogP contribution < -0.4 is 0 Å². The Morgan fingerprint density at radius 3 is 2.38 bits per heavy atom. The Bertz CT molecular complexity index is 664. The van der Waals surface area contributed by atoms with Gasteiger partial charge < -0.3 is 5.11 Å². The first kappa shape index (κ1) is 17.2. The molecule has 4 nitrogen and oxygen atoms in total. The Balaban J connectivity index is 1.74. The number of aryl methyl sites for hydroxylation is 1. The highest BCUT2D eigenvalue weighted by Gasteiger charge is 2.32. The normalized spacial score (nSPS) is 18.0. The van der Waals surface area contributed by atoms with Crippen molar-refractivity contribution in [2.75, 3.05) is 19.7 Å². The molecule has 1 aliphatic rings. The molecule has 0 radical (unpaired) electrons. The van der Waals surface area contributed by atoms with Gasteiger partial charge in [-0.3, -0.25) is 4.90 Å². The lowest BCUT2D eigenvalue weighted by Crippen LogP contribution is -2.41. The summed E-state index contributed by atoms with van der Waals surface area (Å²) in [5.74, 6) is 0. The van der Waals surface area contributed by atoms with Gasteiger partial charge in [0.1, 0.15) is 0 Å². The summed E-state index contributed by atoms with van der Waals surface area (Å²) < 4.78 is 2.05. The zero-order chi connectivity index (χ0) is 17.2. The molecule has 1 aromatic heterocycles. The standard InChI is InChI=1S/C20H29N3O/c1-4-20(15-24)10-12-22(13-11-20)14-19-16(2)21-23(17(19)3)18-8-6-5-7-9-18/h5-9,24H,4,10-15H2,1-3H3. The van der Waals surface area contributed by atoms with E-state index in [0.29, 0.717) is 6.61 Å². The molecule has 1 aromatic carbocycles. The molecule has 0 spiro atoms. The zero-order valence-corrected chi connectivity index (χ0v) is 15.1. The number of aromatic nitrogens is 2. The van der Waals surface area contributed by atoms with E-state index < -0.39 is 0 Å². The molecule has 0 unspecified atom stereocenters. The molecule has 3 rings (SSSR count). The predicted octanol–water partition coefficient (Wildman–Crippen LogP) is 3.47. The average molecular weight is 327 g/mol. The maximum Gasteiger partial charge on any atom is 0.0648 e. The molecule has 0 atom stereocenters. The van der Waals surface area contributed by atoms with E-state index in [9.17, 15) is 5.11 Å².